The fraction of sp³-hybridized carbons (Fsp3) is 0.308. The van der Waals surface area contributed by atoms with Gasteiger partial charge in [0.2, 0.25) is 11.8 Å². The molecule has 2 amide bonds. The lowest BCUT2D eigenvalue weighted by molar-refractivity contribution is -0.128. The quantitative estimate of drug-likeness (QED) is 0.417. The molecule has 3 rings (SSSR count). The van der Waals surface area contributed by atoms with Crippen molar-refractivity contribution in [1.29, 1.82) is 0 Å². The molecule has 1 aliphatic rings. The van der Waals surface area contributed by atoms with E-state index in [0.29, 0.717) is 36.8 Å². The highest BCUT2D eigenvalue weighted by Crippen LogP contribution is 2.29. The van der Waals surface area contributed by atoms with Gasteiger partial charge in [0.1, 0.15) is 6.61 Å². The van der Waals surface area contributed by atoms with E-state index in [9.17, 15) is 9.59 Å². The van der Waals surface area contributed by atoms with E-state index >= 15 is 0 Å². The number of benzene rings is 2. The first-order chi connectivity index (χ1) is 16.0. The average Bonchev–Trinajstić information content (AvgIpc) is 3.34. The van der Waals surface area contributed by atoms with E-state index in [2.05, 4.69) is 6.58 Å². The largest absolute Gasteiger partial charge is 0.493 e. The van der Waals surface area contributed by atoms with Gasteiger partial charge in [-0.05, 0) is 54.3 Å². The van der Waals surface area contributed by atoms with Crippen LogP contribution in [0.3, 0.4) is 0 Å². The lowest BCUT2D eigenvalue weighted by Gasteiger charge is -2.25. The number of hydrogen-bond donors (Lipinski definition) is 1. The number of amides is 2. The van der Waals surface area contributed by atoms with Gasteiger partial charge in [-0.1, -0.05) is 30.9 Å². The molecule has 0 bridgehead atoms. The van der Waals surface area contributed by atoms with Crippen LogP contribution in [0.5, 0.6) is 11.5 Å². The minimum atomic E-state index is -0.485. The van der Waals surface area contributed by atoms with Crippen molar-refractivity contribution in [2.75, 3.05) is 26.9 Å². The Hall–Kier alpha value is -3.58. The topological polar surface area (TPSA) is 91.1 Å². The van der Waals surface area contributed by atoms with Crippen molar-refractivity contribution in [1.82, 2.24) is 4.90 Å². The number of hydrogen-bond acceptors (Lipinski definition) is 5. The van der Waals surface area contributed by atoms with Crippen LogP contribution in [0.4, 0.5) is 0 Å². The van der Waals surface area contributed by atoms with Gasteiger partial charge >= 0.3 is 0 Å². The van der Waals surface area contributed by atoms with Crippen molar-refractivity contribution < 1.29 is 23.8 Å². The summed E-state index contributed by atoms with van der Waals surface area (Å²) in [5.74, 6) is 0.609. The maximum atomic E-state index is 13.1. The molecule has 0 saturated carbocycles. The molecule has 33 heavy (non-hydrogen) atoms. The molecular formula is C26H30N2O5. The van der Waals surface area contributed by atoms with Gasteiger partial charge in [0.25, 0.3) is 0 Å². The van der Waals surface area contributed by atoms with Crippen molar-refractivity contribution in [2.45, 2.75) is 25.5 Å². The molecule has 2 aromatic carbocycles. The summed E-state index contributed by atoms with van der Waals surface area (Å²) < 4.78 is 16.8. The fourth-order valence-corrected chi connectivity index (χ4v) is 3.60. The lowest BCUT2D eigenvalue weighted by atomic mass is 10.1. The van der Waals surface area contributed by atoms with E-state index < -0.39 is 5.91 Å². The summed E-state index contributed by atoms with van der Waals surface area (Å²) in [5, 5.41) is 0. The average molecular weight is 451 g/mol. The van der Waals surface area contributed by atoms with E-state index in [1.54, 1.807) is 48.4 Å². The van der Waals surface area contributed by atoms with Crippen LogP contribution < -0.4 is 15.2 Å². The molecule has 7 heteroatoms. The van der Waals surface area contributed by atoms with Crippen molar-refractivity contribution in [3.8, 4) is 11.5 Å². The summed E-state index contributed by atoms with van der Waals surface area (Å²) in [6.07, 6.45) is 6.88. The third-order valence-corrected chi connectivity index (χ3v) is 5.33. The number of carbonyl (C=O) groups excluding carboxylic acids is 2. The van der Waals surface area contributed by atoms with Crippen molar-refractivity contribution in [3.05, 3.63) is 77.9 Å². The predicted octanol–water partition coefficient (Wildman–Crippen LogP) is 3.58. The maximum absolute atomic E-state index is 13.1. The fourth-order valence-electron chi connectivity index (χ4n) is 3.60. The van der Waals surface area contributed by atoms with E-state index in [1.165, 1.54) is 6.08 Å². The number of methoxy groups -OCH3 is 1. The monoisotopic (exact) mass is 450 g/mol. The Balaban J connectivity index is 1.75. The number of nitrogens with zero attached hydrogens (tertiary/aromatic N) is 1. The van der Waals surface area contributed by atoms with E-state index in [0.717, 1.165) is 30.6 Å². The molecule has 2 N–H and O–H groups in total. The van der Waals surface area contributed by atoms with Gasteiger partial charge in [0, 0.05) is 31.3 Å². The smallest absolute Gasteiger partial charge is 0.248 e. The number of rotatable bonds is 11. The van der Waals surface area contributed by atoms with Gasteiger partial charge in [-0.3, -0.25) is 9.59 Å². The zero-order valence-electron chi connectivity index (χ0n) is 18.9. The van der Waals surface area contributed by atoms with Gasteiger partial charge in [-0.25, -0.2) is 0 Å². The molecule has 1 saturated heterocycles. The van der Waals surface area contributed by atoms with Crippen molar-refractivity contribution in [2.24, 2.45) is 5.73 Å². The normalized spacial score (nSPS) is 15.4. The van der Waals surface area contributed by atoms with E-state index in [4.69, 9.17) is 19.9 Å². The van der Waals surface area contributed by atoms with Gasteiger partial charge in [-0.2, -0.15) is 0 Å². The molecule has 7 nitrogen and oxygen atoms in total. The number of ether oxygens (including phenoxy) is 3. The van der Waals surface area contributed by atoms with Gasteiger partial charge in [0.15, 0.2) is 11.5 Å². The molecule has 174 valence electrons. The van der Waals surface area contributed by atoms with E-state index in [-0.39, 0.29) is 12.0 Å². The molecule has 0 spiro atoms. The van der Waals surface area contributed by atoms with Crippen LogP contribution in [0.25, 0.3) is 6.08 Å². The summed E-state index contributed by atoms with van der Waals surface area (Å²) in [7, 11) is 1.58. The van der Waals surface area contributed by atoms with Crippen LogP contribution in [0, 0.1) is 0 Å². The zero-order chi connectivity index (χ0) is 23.6. The SMILES string of the molecule is C=CCOc1ccc(CN(CC2CCCO2)C(=O)/C=C/c2ccc(C(N)=O)cc2)cc1OC. The van der Waals surface area contributed by atoms with Gasteiger partial charge < -0.3 is 24.8 Å². The van der Waals surface area contributed by atoms with Crippen LogP contribution in [0.1, 0.15) is 34.3 Å². The Morgan fingerprint density at radius 1 is 1.21 bits per heavy atom. The summed E-state index contributed by atoms with van der Waals surface area (Å²) in [5.41, 5.74) is 7.43. The van der Waals surface area contributed by atoms with Crippen LogP contribution in [0.2, 0.25) is 0 Å². The minimum absolute atomic E-state index is 0.0225. The Labute approximate surface area is 194 Å². The first kappa shape index (κ1) is 24.1. The molecular weight excluding hydrogens is 420 g/mol. The summed E-state index contributed by atoms with van der Waals surface area (Å²) >= 11 is 0. The first-order valence-corrected chi connectivity index (χ1v) is 10.9. The molecule has 2 aromatic rings. The number of primary amides is 1. The molecule has 1 aliphatic heterocycles. The van der Waals surface area contributed by atoms with Gasteiger partial charge in [0.05, 0.1) is 13.2 Å². The van der Waals surface area contributed by atoms with E-state index in [1.807, 2.05) is 18.2 Å². The summed E-state index contributed by atoms with van der Waals surface area (Å²) in [6.45, 7) is 5.66. The Bertz CT molecular complexity index is 994. The van der Waals surface area contributed by atoms with Crippen LogP contribution in [-0.4, -0.2) is 49.7 Å². The Morgan fingerprint density at radius 2 is 2.00 bits per heavy atom. The number of carbonyl (C=O) groups is 2. The molecule has 1 atom stereocenters. The van der Waals surface area contributed by atoms with Crippen LogP contribution in [0.15, 0.2) is 61.2 Å². The highest BCUT2D eigenvalue weighted by atomic mass is 16.5. The maximum Gasteiger partial charge on any atom is 0.248 e. The molecule has 0 aromatic heterocycles. The zero-order valence-corrected chi connectivity index (χ0v) is 18.9. The first-order valence-electron chi connectivity index (χ1n) is 10.9. The predicted molar refractivity (Wildman–Crippen MR) is 127 cm³/mol. The second kappa shape index (κ2) is 11.9. The third-order valence-electron chi connectivity index (χ3n) is 5.33. The summed E-state index contributed by atoms with van der Waals surface area (Å²) in [4.78, 5) is 26.1. The lowest BCUT2D eigenvalue weighted by Crippen LogP contribution is -2.35. The van der Waals surface area contributed by atoms with Crippen LogP contribution >= 0.6 is 0 Å². The van der Waals surface area contributed by atoms with Gasteiger partial charge in [-0.15, -0.1) is 0 Å². The standard InChI is InChI=1S/C26H30N2O5/c1-3-14-33-23-12-8-20(16-24(23)31-2)17-28(18-22-5-4-15-32-22)25(29)13-9-19-6-10-21(11-7-19)26(27)30/h3,6-13,16,22H,1,4-5,14-15,17-18H2,2H3,(H2,27,30)/b13-9+. The second-order valence-electron chi connectivity index (χ2n) is 7.76. The molecule has 0 radical (unpaired) electrons. The Morgan fingerprint density at radius 3 is 2.64 bits per heavy atom. The molecule has 0 aliphatic carbocycles. The second-order valence-corrected chi connectivity index (χ2v) is 7.76. The summed E-state index contributed by atoms with van der Waals surface area (Å²) in [6, 6.07) is 12.4. The molecule has 1 heterocycles. The Kier molecular flexibility index (Phi) is 8.66. The van der Waals surface area contributed by atoms with Crippen molar-refractivity contribution in [3.63, 3.8) is 0 Å². The highest BCUT2D eigenvalue weighted by molar-refractivity contribution is 5.94. The minimum Gasteiger partial charge on any atom is -0.493 e. The molecule has 1 unspecified atom stereocenters. The van der Waals surface area contributed by atoms with Crippen molar-refractivity contribution >= 4 is 17.9 Å². The van der Waals surface area contributed by atoms with Crippen LogP contribution in [-0.2, 0) is 16.1 Å². The molecule has 1 fully saturated rings. The third kappa shape index (κ3) is 6.95. The highest BCUT2D eigenvalue weighted by Gasteiger charge is 2.22. The number of nitrogens with two attached hydrogens (primary N) is 1.